The van der Waals surface area contributed by atoms with Crippen molar-refractivity contribution in [2.75, 3.05) is 6.54 Å². The fourth-order valence-electron chi connectivity index (χ4n) is 2.68. The molecule has 1 fully saturated rings. The first-order chi connectivity index (χ1) is 7.83. The van der Waals surface area contributed by atoms with Crippen LogP contribution in [0.2, 0.25) is 0 Å². The van der Waals surface area contributed by atoms with E-state index in [1.165, 1.54) is 36.8 Å². The van der Waals surface area contributed by atoms with Crippen molar-refractivity contribution < 1.29 is 5.11 Å². The average molecular weight is 217 g/mol. The van der Waals surface area contributed by atoms with Crippen molar-refractivity contribution in [2.24, 2.45) is 5.92 Å². The summed E-state index contributed by atoms with van der Waals surface area (Å²) in [5.74, 6) is 1.41. The molecule has 0 heterocycles. The Kier molecular flexibility index (Phi) is 2.60. The van der Waals surface area contributed by atoms with E-state index in [0.717, 1.165) is 18.9 Å². The summed E-state index contributed by atoms with van der Waals surface area (Å²) in [7, 11) is 0. The van der Waals surface area contributed by atoms with Crippen LogP contribution in [0.4, 0.5) is 0 Å². The number of benzene rings is 1. The fraction of sp³-hybridized carbons (Fsp3) is 0.571. The van der Waals surface area contributed by atoms with Gasteiger partial charge in [-0.3, -0.25) is 0 Å². The van der Waals surface area contributed by atoms with Gasteiger partial charge in [-0.2, -0.15) is 0 Å². The maximum Gasteiger partial charge on any atom is 0.115 e. The molecule has 2 aliphatic rings. The molecule has 1 unspecified atom stereocenters. The normalized spacial score (nSPS) is 23.4. The Morgan fingerprint density at radius 2 is 2.12 bits per heavy atom. The van der Waals surface area contributed by atoms with Crippen LogP contribution >= 0.6 is 0 Å². The number of aryl methyl sites for hydroxylation is 1. The summed E-state index contributed by atoms with van der Waals surface area (Å²) in [6.07, 6.45) is 6.51. The highest BCUT2D eigenvalue weighted by Gasteiger charge is 2.24. The molecule has 1 aromatic rings. The number of hydrogen-bond acceptors (Lipinski definition) is 2. The highest BCUT2D eigenvalue weighted by Crippen LogP contribution is 2.35. The van der Waals surface area contributed by atoms with E-state index in [-0.39, 0.29) is 0 Å². The van der Waals surface area contributed by atoms with Crippen LogP contribution in [0, 0.1) is 5.92 Å². The second kappa shape index (κ2) is 4.10. The minimum absolute atomic E-state index is 0.400. The van der Waals surface area contributed by atoms with Gasteiger partial charge in [-0.05, 0) is 55.0 Å². The Morgan fingerprint density at radius 1 is 1.25 bits per heavy atom. The summed E-state index contributed by atoms with van der Waals surface area (Å²) in [5, 5.41) is 13.1. The molecule has 0 saturated heterocycles. The highest BCUT2D eigenvalue weighted by molar-refractivity contribution is 5.39. The van der Waals surface area contributed by atoms with Crippen LogP contribution in [0.25, 0.3) is 0 Å². The third kappa shape index (κ3) is 2.07. The van der Waals surface area contributed by atoms with Crippen LogP contribution in [0.1, 0.15) is 42.9 Å². The van der Waals surface area contributed by atoms with Crippen LogP contribution in [0.15, 0.2) is 18.2 Å². The molecule has 0 amide bonds. The molecule has 1 aromatic carbocycles. The number of hydrogen-bond donors (Lipinski definition) is 2. The number of phenols is 1. The van der Waals surface area contributed by atoms with Gasteiger partial charge in [0.15, 0.2) is 0 Å². The van der Waals surface area contributed by atoms with E-state index in [4.69, 9.17) is 0 Å². The molecule has 0 spiro atoms. The maximum atomic E-state index is 9.42. The molecular formula is C14H19NO. The maximum absolute atomic E-state index is 9.42. The molecule has 0 aliphatic heterocycles. The Morgan fingerprint density at radius 3 is 2.94 bits per heavy atom. The van der Waals surface area contributed by atoms with Crippen LogP contribution < -0.4 is 5.32 Å². The van der Waals surface area contributed by atoms with Crippen molar-refractivity contribution in [3.05, 3.63) is 29.3 Å². The lowest BCUT2D eigenvalue weighted by Gasteiger charge is -2.13. The Bertz CT molecular complexity index is 384. The smallest absolute Gasteiger partial charge is 0.115 e. The van der Waals surface area contributed by atoms with Crippen LogP contribution in [0.3, 0.4) is 0 Å². The predicted molar refractivity (Wildman–Crippen MR) is 64.5 cm³/mol. The highest BCUT2D eigenvalue weighted by atomic mass is 16.3. The molecule has 0 radical (unpaired) electrons. The van der Waals surface area contributed by atoms with Gasteiger partial charge >= 0.3 is 0 Å². The molecule has 2 heteroatoms. The molecule has 16 heavy (non-hydrogen) atoms. The van der Waals surface area contributed by atoms with Gasteiger partial charge in [0.2, 0.25) is 0 Å². The molecule has 1 saturated carbocycles. The lowest BCUT2D eigenvalue weighted by molar-refractivity contribution is 0.474. The predicted octanol–water partition coefficient (Wildman–Crippen LogP) is 2.77. The van der Waals surface area contributed by atoms with Gasteiger partial charge in [0.05, 0.1) is 0 Å². The van der Waals surface area contributed by atoms with Crippen molar-refractivity contribution in [1.82, 2.24) is 5.32 Å². The number of aromatic hydroxyl groups is 1. The van der Waals surface area contributed by atoms with Crippen molar-refractivity contribution in [3.63, 3.8) is 0 Å². The number of nitrogens with one attached hydrogen (secondary N) is 1. The van der Waals surface area contributed by atoms with Crippen LogP contribution in [-0.2, 0) is 6.42 Å². The molecule has 2 aliphatic carbocycles. The zero-order valence-electron chi connectivity index (χ0n) is 9.58. The second-order valence-electron chi connectivity index (χ2n) is 5.16. The van der Waals surface area contributed by atoms with Crippen molar-refractivity contribution >= 4 is 0 Å². The quantitative estimate of drug-likeness (QED) is 0.812. The molecule has 3 rings (SSSR count). The summed E-state index contributed by atoms with van der Waals surface area (Å²) < 4.78 is 0. The summed E-state index contributed by atoms with van der Waals surface area (Å²) in [6.45, 7) is 1.15. The Hall–Kier alpha value is -1.02. The molecule has 2 N–H and O–H groups in total. The van der Waals surface area contributed by atoms with Crippen LogP contribution in [0.5, 0.6) is 5.75 Å². The van der Waals surface area contributed by atoms with E-state index in [1.54, 1.807) is 6.07 Å². The second-order valence-corrected chi connectivity index (χ2v) is 5.16. The molecule has 0 bridgehead atoms. The van der Waals surface area contributed by atoms with Gasteiger partial charge in [0, 0.05) is 6.04 Å². The third-order valence-corrected chi connectivity index (χ3v) is 3.84. The van der Waals surface area contributed by atoms with E-state index in [9.17, 15) is 5.11 Å². The Labute approximate surface area is 96.7 Å². The average Bonchev–Trinajstić information content (AvgIpc) is 3.00. The van der Waals surface area contributed by atoms with Gasteiger partial charge in [-0.25, -0.2) is 0 Å². The zero-order valence-corrected chi connectivity index (χ0v) is 9.58. The van der Waals surface area contributed by atoms with Crippen LogP contribution in [-0.4, -0.2) is 11.7 Å². The molecule has 1 atom stereocenters. The minimum atomic E-state index is 0.400. The summed E-state index contributed by atoms with van der Waals surface area (Å²) >= 11 is 0. The van der Waals surface area contributed by atoms with Gasteiger partial charge in [-0.15, -0.1) is 0 Å². The monoisotopic (exact) mass is 217 g/mol. The van der Waals surface area contributed by atoms with Gasteiger partial charge in [0.25, 0.3) is 0 Å². The molecule has 2 nitrogen and oxygen atoms in total. The van der Waals surface area contributed by atoms with E-state index >= 15 is 0 Å². The summed E-state index contributed by atoms with van der Waals surface area (Å²) in [5.41, 5.74) is 2.72. The topological polar surface area (TPSA) is 32.3 Å². The standard InChI is InChI=1S/C14H19NO/c16-12-4-5-13-11(9-12)3-6-14(13)15-8-7-10-1-2-10/h4-5,9-10,14-16H,1-3,6-8H2. The van der Waals surface area contributed by atoms with E-state index in [1.807, 2.05) is 6.07 Å². The van der Waals surface area contributed by atoms with E-state index in [0.29, 0.717) is 11.8 Å². The zero-order chi connectivity index (χ0) is 11.0. The number of phenolic OH excluding ortho intramolecular Hbond substituents is 1. The van der Waals surface area contributed by atoms with E-state index < -0.39 is 0 Å². The molecule has 0 aromatic heterocycles. The van der Waals surface area contributed by atoms with Crippen molar-refractivity contribution in [3.8, 4) is 5.75 Å². The Balaban J connectivity index is 1.61. The molecule has 86 valence electrons. The summed E-state index contributed by atoms with van der Waals surface area (Å²) in [4.78, 5) is 0. The lowest BCUT2D eigenvalue weighted by Crippen LogP contribution is -2.20. The first-order valence-electron chi connectivity index (χ1n) is 6.38. The lowest BCUT2D eigenvalue weighted by atomic mass is 10.1. The van der Waals surface area contributed by atoms with Gasteiger partial charge < -0.3 is 10.4 Å². The fourth-order valence-corrected chi connectivity index (χ4v) is 2.68. The third-order valence-electron chi connectivity index (χ3n) is 3.84. The first kappa shape index (κ1) is 10.2. The van der Waals surface area contributed by atoms with Gasteiger partial charge in [0.1, 0.15) is 5.75 Å². The summed E-state index contributed by atoms with van der Waals surface area (Å²) in [6, 6.07) is 6.32. The minimum Gasteiger partial charge on any atom is -0.508 e. The number of rotatable bonds is 4. The largest absolute Gasteiger partial charge is 0.508 e. The molecular weight excluding hydrogens is 198 g/mol. The first-order valence-corrected chi connectivity index (χ1v) is 6.38. The SMILES string of the molecule is Oc1ccc2c(c1)CCC2NCCC1CC1. The van der Waals surface area contributed by atoms with Crippen molar-refractivity contribution in [2.45, 2.75) is 38.1 Å². The van der Waals surface area contributed by atoms with Crippen molar-refractivity contribution in [1.29, 1.82) is 0 Å². The van der Waals surface area contributed by atoms with E-state index in [2.05, 4.69) is 11.4 Å². The van der Waals surface area contributed by atoms with Gasteiger partial charge in [-0.1, -0.05) is 18.9 Å². The number of fused-ring (bicyclic) bond motifs is 1.